The van der Waals surface area contributed by atoms with Crippen molar-refractivity contribution in [2.75, 3.05) is 25.1 Å². The van der Waals surface area contributed by atoms with E-state index in [0.29, 0.717) is 13.2 Å². The highest BCUT2D eigenvalue weighted by Crippen LogP contribution is 2.26. The lowest BCUT2D eigenvalue weighted by Gasteiger charge is -2.36. The second-order valence-corrected chi connectivity index (χ2v) is 6.36. The molecule has 0 bridgehead atoms. The molecule has 0 spiro atoms. The number of nitrogens with one attached hydrogen (secondary N) is 1. The molecule has 1 fully saturated rings. The van der Waals surface area contributed by atoms with Crippen LogP contribution in [-0.4, -0.2) is 35.5 Å². The van der Waals surface area contributed by atoms with E-state index in [4.69, 9.17) is 4.74 Å². The zero-order valence-electron chi connectivity index (χ0n) is 12.1. The summed E-state index contributed by atoms with van der Waals surface area (Å²) in [5, 5.41) is 13.0. The van der Waals surface area contributed by atoms with E-state index < -0.39 is 0 Å². The Morgan fingerprint density at radius 3 is 2.47 bits per heavy atom. The first-order valence-corrected chi connectivity index (χ1v) is 6.89. The number of pyridine rings is 1. The Labute approximate surface area is 115 Å². The lowest BCUT2D eigenvalue weighted by atomic mass is 9.88. The van der Waals surface area contributed by atoms with Crippen LogP contribution in [0.5, 0.6) is 0 Å². The van der Waals surface area contributed by atoms with Gasteiger partial charge in [0.25, 0.3) is 0 Å². The molecule has 4 heteroatoms. The lowest BCUT2D eigenvalue weighted by molar-refractivity contribution is 0.0378. The van der Waals surface area contributed by atoms with Crippen molar-refractivity contribution in [1.82, 2.24) is 4.98 Å². The van der Waals surface area contributed by atoms with Crippen LogP contribution in [-0.2, 0) is 10.2 Å². The van der Waals surface area contributed by atoms with Crippen LogP contribution in [0.3, 0.4) is 0 Å². The van der Waals surface area contributed by atoms with Crippen molar-refractivity contribution < 1.29 is 9.84 Å². The highest BCUT2D eigenvalue weighted by atomic mass is 16.5. The molecule has 1 aliphatic rings. The number of aromatic nitrogens is 1. The van der Waals surface area contributed by atoms with Gasteiger partial charge in [0, 0.05) is 19.4 Å². The summed E-state index contributed by atoms with van der Waals surface area (Å²) in [5.41, 5.74) is 1.04. The maximum absolute atomic E-state index is 9.64. The monoisotopic (exact) mass is 264 g/mol. The van der Waals surface area contributed by atoms with E-state index >= 15 is 0 Å². The number of rotatable bonds is 3. The SMILES string of the molecule is CC(C)(C)c1ccc(NC2(CO)CCOCC2)nc1. The number of nitrogens with zero attached hydrogens (tertiary/aromatic N) is 1. The molecule has 2 heterocycles. The van der Waals surface area contributed by atoms with E-state index in [0.717, 1.165) is 18.7 Å². The van der Waals surface area contributed by atoms with E-state index in [1.807, 2.05) is 12.3 Å². The van der Waals surface area contributed by atoms with Gasteiger partial charge >= 0.3 is 0 Å². The summed E-state index contributed by atoms with van der Waals surface area (Å²) in [5.74, 6) is 0.823. The number of aliphatic hydroxyl groups excluding tert-OH is 1. The molecule has 1 aliphatic heterocycles. The number of ether oxygens (including phenoxy) is 1. The fourth-order valence-electron chi connectivity index (χ4n) is 2.27. The third-order valence-electron chi connectivity index (χ3n) is 3.78. The summed E-state index contributed by atoms with van der Waals surface area (Å²) in [6.07, 6.45) is 3.53. The van der Waals surface area contributed by atoms with E-state index in [1.165, 1.54) is 5.56 Å². The molecule has 0 atom stereocenters. The van der Waals surface area contributed by atoms with Crippen LogP contribution in [0.15, 0.2) is 18.3 Å². The quantitative estimate of drug-likeness (QED) is 0.880. The molecule has 2 rings (SSSR count). The average Bonchev–Trinajstić information content (AvgIpc) is 2.39. The highest BCUT2D eigenvalue weighted by molar-refractivity contribution is 5.40. The second kappa shape index (κ2) is 5.47. The summed E-state index contributed by atoms with van der Waals surface area (Å²) in [4.78, 5) is 4.47. The van der Waals surface area contributed by atoms with Gasteiger partial charge in [-0.2, -0.15) is 0 Å². The predicted molar refractivity (Wildman–Crippen MR) is 76.4 cm³/mol. The average molecular weight is 264 g/mol. The first-order chi connectivity index (χ1) is 8.95. The Kier molecular flexibility index (Phi) is 4.11. The molecule has 0 aromatic carbocycles. The van der Waals surface area contributed by atoms with E-state index in [9.17, 15) is 5.11 Å². The smallest absolute Gasteiger partial charge is 0.126 e. The molecule has 19 heavy (non-hydrogen) atoms. The van der Waals surface area contributed by atoms with Crippen molar-refractivity contribution in [2.24, 2.45) is 0 Å². The van der Waals surface area contributed by atoms with Gasteiger partial charge in [-0.05, 0) is 29.9 Å². The highest BCUT2D eigenvalue weighted by Gasteiger charge is 2.32. The molecule has 0 amide bonds. The lowest BCUT2D eigenvalue weighted by Crippen LogP contribution is -2.47. The molecule has 2 N–H and O–H groups in total. The van der Waals surface area contributed by atoms with Gasteiger partial charge < -0.3 is 15.2 Å². The fraction of sp³-hybridized carbons (Fsp3) is 0.667. The fourth-order valence-corrected chi connectivity index (χ4v) is 2.27. The Morgan fingerprint density at radius 1 is 1.32 bits per heavy atom. The molecule has 0 unspecified atom stereocenters. The van der Waals surface area contributed by atoms with Gasteiger partial charge in [0.2, 0.25) is 0 Å². The molecule has 1 aromatic heterocycles. The molecule has 1 aromatic rings. The van der Waals surface area contributed by atoms with E-state index in [-0.39, 0.29) is 17.6 Å². The van der Waals surface area contributed by atoms with Gasteiger partial charge in [0.15, 0.2) is 0 Å². The molecule has 106 valence electrons. The number of aliphatic hydroxyl groups is 1. The van der Waals surface area contributed by atoms with E-state index in [1.54, 1.807) is 0 Å². The van der Waals surface area contributed by atoms with Gasteiger partial charge in [-0.15, -0.1) is 0 Å². The molecule has 0 radical (unpaired) electrons. The minimum Gasteiger partial charge on any atom is -0.394 e. The number of anilines is 1. The molecule has 1 saturated heterocycles. The summed E-state index contributed by atoms with van der Waals surface area (Å²) in [7, 11) is 0. The maximum Gasteiger partial charge on any atom is 0.126 e. The molecular weight excluding hydrogens is 240 g/mol. The van der Waals surface area contributed by atoms with Crippen LogP contribution in [0.4, 0.5) is 5.82 Å². The topological polar surface area (TPSA) is 54.4 Å². The maximum atomic E-state index is 9.64. The van der Waals surface area contributed by atoms with Crippen LogP contribution in [0.1, 0.15) is 39.2 Å². The van der Waals surface area contributed by atoms with Crippen molar-refractivity contribution in [2.45, 2.75) is 44.6 Å². The van der Waals surface area contributed by atoms with Crippen LogP contribution in [0, 0.1) is 0 Å². The summed E-state index contributed by atoms with van der Waals surface area (Å²) < 4.78 is 5.36. The Hall–Kier alpha value is -1.13. The molecule has 0 aliphatic carbocycles. The Morgan fingerprint density at radius 2 is 2.00 bits per heavy atom. The van der Waals surface area contributed by atoms with Crippen LogP contribution < -0.4 is 5.32 Å². The Balaban J connectivity index is 2.10. The predicted octanol–water partition coefficient (Wildman–Crippen LogP) is 2.33. The normalized spacial score (nSPS) is 19.2. The van der Waals surface area contributed by atoms with Crippen molar-refractivity contribution in [3.63, 3.8) is 0 Å². The first kappa shape index (κ1) is 14.3. The van der Waals surface area contributed by atoms with Gasteiger partial charge in [0.05, 0.1) is 12.1 Å². The van der Waals surface area contributed by atoms with Crippen molar-refractivity contribution in [1.29, 1.82) is 0 Å². The number of hydrogen-bond acceptors (Lipinski definition) is 4. The third-order valence-corrected chi connectivity index (χ3v) is 3.78. The largest absolute Gasteiger partial charge is 0.394 e. The molecule has 0 saturated carbocycles. The zero-order chi connectivity index (χ0) is 13.9. The standard InChI is InChI=1S/C15H24N2O2/c1-14(2,3)12-4-5-13(16-10-12)17-15(11-18)6-8-19-9-7-15/h4-5,10,18H,6-9,11H2,1-3H3,(H,16,17). The van der Waals surface area contributed by atoms with Crippen LogP contribution >= 0.6 is 0 Å². The number of hydrogen-bond donors (Lipinski definition) is 2. The van der Waals surface area contributed by atoms with Crippen molar-refractivity contribution >= 4 is 5.82 Å². The van der Waals surface area contributed by atoms with Gasteiger partial charge in [-0.3, -0.25) is 0 Å². The third kappa shape index (κ3) is 3.45. The zero-order valence-corrected chi connectivity index (χ0v) is 12.1. The summed E-state index contributed by atoms with van der Waals surface area (Å²) in [6.45, 7) is 8.00. The minimum atomic E-state index is -0.283. The molecular formula is C15H24N2O2. The van der Waals surface area contributed by atoms with Gasteiger partial charge in [-0.25, -0.2) is 4.98 Å². The Bertz CT molecular complexity index is 403. The second-order valence-electron chi connectivity index (χ2n) is 6.36. The van der Waals surface area contributed by atoms with Crippen LogP contribution in [0.2, 0.25) is 0 Å². The first-order valence-electron chi connectivity index (χ1n) is 6.89. The van der Waals surface area contributed by atoms with E-state index in [2.05, 4.69) is 37.1 Å². The minimum absolute atomic E-state index is 0.110. The van der Waals surface area contributed by atoms with Crippen LogP contribution in [0.25, 0.3) is 0 Å². The van der Waals surface area contributed by atoms with Gasteiger partial charge in [-0.1, -0.05) is 26.8 Å². The van der Waals surface area contributed by atoms with Crippen molar-refractivity contribution in [3.8, 4) is 0 Å². The summed E-state index contributed by atoms with van der Waals surface area (Å²) in [6, 6.07) is 4.09. The molecule has 4 nitrogen and oxygen atoms in total. The van der Waals surface area contributed by atoms with Crippen molar-refractivity contribution in [3.05, 3.63) is 23.9 Å². The summed E-state index contributed by atoms with van der Waals surface area (Å²) >= 11 is 0. The van der Waals surface area contributed by atoms with Gasteiger partial charge in [0.1, 0.15) is 5.82 Å².